The van der Waals surface area contributed by atoms with E-state index in [1.165, 1.54) is 0 Å². The van der Waals surface area contributed by atoms with Gasteiger partial charge in [-0.2, -0.15) is 0 Å². The third-order valence-electron chi connectivity index (χ3n) is 5.82. The Hall–Kier alpha value is -0.980. The van der Waals surface area contributed by atoms with E-state index >= 15 is 0 Å². The first kappa shape index (κ1) is 20.3. The van der Waals surface area contributed by atoms with Gasteiger partial charge in [0.15, 0.2) is 0 Å². The van der Waals surface area contributed by atoms with Crippen molar-refractivity contribution in [3.63, 3.8) is 0 Å². The summed E-state index contributed by atoms with van der Waals surface area (Å²) in [6, 6.07) is 0. The number of amides is 1. The quantitative estimate of drug-likeness (QED) is 0.544. The molecule has 1 N–H and O–H groups in total. The molecule has 3 rings (SSSR count). The summed E-state index contributed by atoms with van der Waals surface area (Å²) in [5.41, 5.74) is -0.186. The highest BCUT2D eigenvalue weighted by atomic mass is 16.5. The van der Waals surface area contributed by atoms with Crippen molar-refractivity contribution in [3.8, 4) is 0 Å². The average Bonchev–Trinajstić information content (AvgIpc) is 2.61. The largest absolute Gasteiger partial charge is 0.379 e. The first-order valence-electron chi connectivity index (χ1n) is 9.57. The van der Waals surface area contributed by atoms with Crippen molar-refractivity contribution >= 4 is 11.7 Å². The van der Waals surface area contributed by atoms with Crippen LogP contribution in [-0.4, -0.2) is 56.9 Å². The number of rotatable bonds is 12. The Morgan fingerprint density at radius 2 is 1.36 bits per heavy atom. The molecular formula is C19H33NO5. The summed E-state index contributed by atoms with van der Waals surface area (Å²) in [7, 11) is 0. The standard InChI is InChI=1S/C19H33NO5/c1-3-23-12-13-25-15-14-24-11-4-17(22)20-19-8-5-18(6-9-19,7-10-19)16(2)21/h3-15H2,1-2H3,(H,20,22). The van der Waals surface area contributed by atoms with E-state index in [1.54, 1.807) is 6.92 Å². The second-order valence-electron chi connectivity index (χ2n) is 7.34. The Morgan fingerprint density at radius 1 is 0.840 bits per heavy atom. The van der Waals surface area contributed by atoms with E-state index in [-0.39, 0.29) is 16.9 Å². The molecule has 3 aliphatic carbocycles. The lowest BCUT2D eigenvalue weighted by Crippen LogP contribution is -2.58. The van der Waals surface area contributed by atoms with Crippen LogP contribution in [0.3, 0.4) is 0 Å². The molecule has 0 spiro atoms. The Kier molecular flexibility index (Phi) is 7.84. The Balaban J connectivity index is 1.55. The highest BCUT2D eigenvalue weighted by Crippen LogP contribution is 2.52. The molecule has 0 aromatic heterocycles. The number of nitrogens with one attached hydrogen (secondary N) is 1. The van der Waals surface area contributed by atoms with Crippen LogP contribution < -0.4 is 5.32 Å². The maximum atomic E-state index is 12.2. The Labute approximate surface area is 151 Å². The molecule has 25 heavy (non-hydrogen) atoms. The lowest BCUT2D eigenvalue weighted by atomic mass is 9.56. The van der Waals surface area contributed by atoms with Gasteiger partial charge in [0.05, 0.1) is 33.0 Å². The lowest BCUT2D eigenvalue weighted by molar-refractivity contribution is -0.135. The summed E-state index contributed by atoms with van der Waals surface area (Å²) < 4.78 is 16.0. The minimum Gasteiger partial charge on any atom is -0.379 e. The second kappa shape index (κ2) is 9.64. The van der Waals surface area contributed by atoms with Crippen molar-refractivity contribution < 1.29 is 23.8 Å². The van der Waals surface area contributed by atoms with E-state index in [0.29, 0.717) is 51.8 Å². The number of ketones is 1. The fraction of sp³-hybridized carbons (Fsp3) is 0.895. The van der Waals surface area contributed by atoms with Gasteiger partial charge in [-0.15, -0.1) is 0 Å². The third-order valence-corrected chi connectivity index (χ3v) is 5.82. The van der Waals surface area contributed by atoms with Crippen LogP contribution in [0.5, 0.6) is 0 Å². The van der Waals surface area contributed by atoms with Crippen LogP contribution in [-0.2, 0) is 23.8 Å². The number of fused-ring (bicyclic) bond motifs is 3. The van der Waals surface area contributed by atoms with Crippen LogP contribution in [0.25, 0.3) is 0 Å². The summed E-state index contributed by atoms with van der Waals surface area (Å²) in [5.74, 6) is 0.374. The molecule has 0 atom stereocenters. The number of ether oxygens (including phenoxy) is 3. The van der Waals surface area contributed by atoms with Gasteiger partial charge in [-0.1, -0.05) is 0 Å². The van der Waals surface area contributed by atoms with Gasteiger partial charge < -0.3 is 19.5 Å². The fourth-order valence-electron chi connectivity index (χ4n) is 4.01. The van der Waals surface area contributed by atoms with Gasteiger partial charge in [0.1, 0.15) is 5.78 Å². The topological polar surface area (TPSA) is 73.9 Å². The fourth-order valence-corrected chi connectivity index (χ4v) is 4.01. The van der Waals surface area contributed by atoms with Gasteiger partial charge in [-0.25, -0.2) is 0 Å². The second-order valence-corrected chi connectivity index (χ2v) is 7.34. The summed E-state index contributed by atoms with van der Waals surface area (Å²) in [4.78, 5) is 24.1. The summed E-state index contributed by atoms with van der Waals surface area (Å²) in [5, 5.41) is 3.22. The SMILES string of the molecule is CCOCCOCCOCCC(=O)NC12CCC(C(C)=O)(CC1)CC2. The van der Waals surface area contributed by atoms with Crippen molar-refractivity contribution in [2.45, 2.75) is 64.3 Å². The molecule has 3 fully saturated rings. The zero-order valence-electron chi connectivity index (χ0n) is 15.7. The average molecular weight is 355 g/mol. The van der Waals surface area contributed by atoms with Crippen molar-refractivity contribution in [1.29, 1.82) is 0 Å². The Morgan fingerprint density at radius 3 is 1.88 bits per heavy atom. The van der Waals surface area contributed by atoms with Gasteiger partial charge in [-0.05, 0) is 52.4 Å². The van der Waals surface area contributed by atoms with E-state index in [9.17, 15) is 9.59 Å². The van der Waals surface area contributed by atoms with Crippen molar-refractivity contribution in [1.82, 2.24) is 5.32 Å². The van der Waals surface area contributed by atoms with Crippen molar-refractivity contribution in [2.75, 3.05) is 39.6 Å². The third kappa shape index (κ3) is 5.76. The molecule has 0 saturated heterocycles. The normalized spacial score (nSPS) is 28.1. The minimum absolute atomic E-state index is 0.0505. The molecule has 0 aliphatic heterocycles. The molecule has 0 radical (unpaired) electrons. The molecule has 0 aromatic rings. The van der Waals surface area contributed by atoms with Crippen LogP contribution >= 0.6 is 0 Å². The van der Waals surface area contributed by atoms with Gasteiger partial charge in [0.25, 0.3) is 0 Å². The van der Waals surface area contributed by atoms with Crippen LogP contribution in [0.1, 0.15) is 58.8 Å². The summed E-state index contributed by atoms with van der Waals surface area (Å²) >= 11 is 0. The first-order chi connectivity index (χ1) is 12.0. The molecule has 0 aromatic carbocycles. The van der Waals surface area contributed by atoms with Crippen LogP contribution in [0.2, 0.25) is 0 Å². The van der Waals surface area contributed by atoms with Gasteiger partial charge >= 0.3 is 0 Å². The highest BCUT2D eigenvalue weighted by Gasteiger charge is 2.51. The molecule has 6 heteroatoms. The molecule has 3 aliphatic rings. The van der Waals surface area contributed by atoms with Crippen molar-refractivity contribution in [3.05, 3.63) is 0 Å². The Bertz CT molecular complexity index is 427. The minimum atomic E-state index is -0.0994. The van der Waals surface area contributed by atoms with Crippen molar-refractivity contribution in [2.24, 2.45) is 5.41 Å². The molecule has 0 heterocycles. The molecular weight excluding hydrogens is 322 g/mol. The molecule has 0 unspecified atom stereocenters. The number of hydrogen-bond acceptors (Lipinski definition) is 5. The van der Waals surface area contributed by atoms with E-state index in [2.05, 4.69) is 5.32 Å². The van der Waals surface area contributed by atoms with E-state index in [0.717, 1.165) is 38.5 Å². The number of hydrogen-bond donors (Lipinski definition) is 1. The van der Waals surface area contributed by atoms with Crippen LogP contribution in [0.15, 0.2) is 0 Å². The zero-order chi connectivity index (χ0) is 18.2. The smallest absolute Gasteiger partial charge is 0.222 e. The van der Waals surface area contributed by atoms with E-state index < -0.39 is 0 Å². The monoisotopic (exact) mass is 355 g/mol. The summed E-state index contributed by atoms with van der Waals surface area (Å²) in [6.07, 6.45) is 5.89. The zero-order valence-corrected chi connectivity index (χ0v) is 15.7. The van der Waals surface area contributed by atoms with E-state index in [1.807, 2.05) is 6.92 Å². The molecule has 2 bridgehead atoms. The first-order valence-corrected chi connectivity index (χ1v) is 9.57. The number of carbonyl (C=O) groups excluding carboxylic acids is 2. The van der Waals surface area contributed by atoms with E-state index in [4.69, 9.17) is 14.2 Å². The maximum absolute atomic E-state index is 12.2. The molecule has 1 amide bonds. The number of carbonyl (C=O) groups is 2. The van der Waals surface area contributed by atoms with Gasteiger partial charge in [0, 0.05) is 24.0 Å². The molecule has 3 saturated carbocycles. The molecule has 6 nitrogen and oxygen atoms in total. The highest BCUT2D eigenvalue weighted by molar-refractivity contribution is 5.83. The predicted octanol–water partition coefficient (Wildman–Crippen LogP) is 2.24. The van der Waals surface area contributed by atoms with Crippen LogP contribution in [0.4, 0.5) is 0 Å². The predicted molar refractivity (Wildman–Crippen MR) is 94.4 cm³/mol. The number of Topliss-reactive ketones (excluding diaryl/α,β-unsaturated/α-hetero) is 1. The lowest BCUT2D eigenvalue weighted by Gasteiger charge is -2.52. The maximum Gasteiger partial charge on any atom is 0.222 e. The molecule has 144 valence electrons. The van der Waals surface area contributed by atoms with Gasteiger partial charge in [0.2, 0.25) is 5.91 Å². The summed E-state index contributed by atoms with van der Waals surface area (Å²) in [6.45, 7) is 6.97. The van der Waals surface area contributed by atoms with Gasteiger partial charge in [-0.3, -0.25) is 9.59 Å². The van der Waals surface area contributed by atoms with Crippen LogP contribution in [0, 0.1) is 5.41 Å².